The number of carbonyl (C=O) groups is 1. The number of oxazole rings is 1. The molecular formula is C26H27ClN4O3. The van der Waals surface area contributed by atoms with E-state index in [1.807, 2.05) is 63.3 Å². The molecular weight excluding hydrogens is 452 g/mol. The Kier molecular flexibility index (Phi) is 7.05. The Bertz CT molecular complexity index is 1300. The molecule has 0 fully saturated rings. The number of amides is 1. The summed E-state index contributed by atoms with van der Waals surface area (Å²) in [5.41, 5.74) is 4.84. The molecule has 176 valence electrons. The molecule has 0 aliphatic heterocycles. The summed E-state index contributed by atoms with van der Waals surface area (Å²) in [6.07, 6.45) is -0.590. The van der Waals surface area contributed by atoms with Crippen molar-refractivity contribution >= 4 is 40.5 Å². The van der Waals surface area contributed by atoms with Gasteiger partial charge in [0.15, 0.2) is 5.58 Å². The lowest BCUT2D eigenvalue weighted by Gasteiger charge is -2.17. The SMILES string of the molecule is Cc1ccc(-c2ccc(OC(=O)Nc3ccc4oc(N(C)CCN(C)C)nc4c3)cc2)c(Cl)c1. The summed E-state index contributed by atoms with van der Waals surface area (Å²) < 4.78 is 11.3. The average molecular weight is 479 g/mol. The highest BCUT2D eigenvalue weighted by Gasteiger charge is 2.13. The molecule has 0 unspecified atom stereocenters. The first-order chi connectivity index (χ1) is 16.3. The van der Waals surface area contributed by atoms with Gasteiger partial charge < -0.3 is 19.0 Å². The minimum atomic E-state index is -0.590. The van der Waals surface area contributed by atoms with Gasteiger partial charge in [-0.15, -0.1) is 0 Å². The summed E-state index contributed by atoms with van der Waals surface area (Å²) in [6.45, 7) is 3.66. The number of aromatic nitrogens is 1. The van der Waals surface area contributed by atoms with E-state index in [1.54, 1.807) is 30.3 Å². The van der Waals surface area contributed by atoms with Gasteiger partial charge in [-0.3, -0.25) is 5.32 Å². The number of benzene rings is 3. The highest BCUT2D eigenvalue weighted by atomic mass is 35.5. The predicted octanol–water partition coefficient (Wildman–Crippen LogP) is 6.07. The van der Waals surface area contributed by atoms with Crippen LogP contribution in [0.4, 0.5) is 16.5 Å². The van der Waals surface area contributed by atoms with Crippen LogP contribution in [0.5, 0.6) is 5.75 Å². The first kappa shape index (κ1) is 23.6. The largest absolute Gasteiger partial charge is 0.423 e. The molecule has 0 aliphatic rings. The van der Waals surface area contributed by atoms with Gasteiger partial charge in [-0.25, -0.2) is 4.79 Å². The van der Waals surface area contributed by atoms with Crippen molar-refractivity contribution in [2.24, 2.45) is 0 Å². The zero-order chi connectivity index (χ0) is 24.2. The van der Waals surface area contributed by atoms with E-state index < -0.39 is 6.09 Å². The van der Waals surface area contributed by atoms with Gasteiger partial charge in [0.2, 0.25) is 0 Å². The van der Waals surface area contributed by atoms with Gasteiger partial charge >= 0.3 is 6.09 Å². The average Bonchev–Trinajstić information content (AvgIpc) is 3.22. The number of aryl methyl sites for hydroxylation is 1. The number of nitrogens with one attached hydrogen (secondary N) is 1. The molecule has 1 N–H and O–H groups in total. The summed E-state index contributed by atoms with van der Waals surface area (Å²) in [5, 5.41) is 3.42. The van der Waals surface area contributed by atoms with Gasteiger partial charge in [0.25, 0.3) is 6.01 Å². The van der Waals surface area contributed by atoms with E-state index in [4.69, 9.17) is 20.8 Å². The van der Waals surface area contributed by atoms with Crippen LogP contribution in [0.2, 0.25) is 5.02 Å². The maximum atomic E-state index is 12.4. The molecule has 8 heteroatoms. The Labute approximate surface area is 203 Å². The fourth-order valence-electron chi connectivity index (χ4n) is 3.41. The number of likely N-dealkylation sites (N-methyl/N-ethyl adjacent to an activating group) is 2. The van der Waals surface area contributed by atoms with Crippen LogP contribution >= 0.6 is 11.6 Å². The Hall–Kier alpha value is -3.55. The lowest BCUT2D eigenvalue weighted by molar-refractivity contribution is 0.215. The second-order valence-corrected chi connectivity index (χ2v) is 8.83. The van der Waals surface area contributed by atoms with Crippen LogP contribution < -0.4 is 15.0 Å². The van der Waals surface area contributed by atoms with Crippen molar-refractivity contribution in [1.29, 1.82) is 0 Å². The maximum Gasteiger partial charge on any atom is 0.417 e. The Morgan fingerprint density at radius 3 is 2.50 bits per heavy atom. The van der Waals surface area contributed by atoms with Crippen molar-refractivity contribution in [1.82, 2.24) is 9.88 Å². The van der Waals surface area contributed by atoms with Gasteiger partial charge in [-0.05, 0) is 68.5 Å². The molecule has 0 saturated heterocycles. The molecule has 0 spiro atoms. The normalized spacial score (nSPS) is 11.1. The van der Waals surface area contributed by atoms with Gasteiger partial charge in [-0.1, -0.05) is 35.9 Å². The highest BCUT2D eigenvalue weighted by molar-refractivity contribution is 6.33. The number of fused-ring (bicyclic) bond motifs is 1. The molecule has 0 radical (unpaired) electrons. The van der Waals surface area contributed by atoms with E-state index in [0.717, 1.165) is 29.8 Å². The van der Waals surface area contributed by atoms with Gasteiger partial charge in [-0.2, -0.15) is 4.98 Å². The van der Waals surface area contributed by atoms with Crippen molar-refractivity contribution in [2.45, 2.75) is 6.92 Å². The minimum absolute atomic E-state index is 0.428. The minimum Gasteiger partial charge on any atom is -0.423 e. The van der Waals surface area contributed by atoms with E-state index in [0.29, 0.717) is 33.6 Å². The molecule has 4 rings (SSSR count). The standard InChI is InChI=1S/C26H27ClN4O3/c1-17-5-11-21(22(27)15-17)18-6-9-20(10-7-18)33-26(32)28-19-8-12-24-23(16-19)29-25(34-24)31(4)14-13-30(2)3/h5-12,15-16H,13-14H2,1-4H3,(H,28,32). The number of carbonyl (C=O) groups excluding carboxylic acids is 1. The third-order valence-electron chi connectivity index (χ3n) is 5.33. The molecule has 0 bridgehead atoms. The summed E-state index contributed by atoms with van der Waals surface area (Å²) in [7, 11) is 5.97. The molecule has 4 aromatic rings. The number of nitrogens with zero attached hydrogens (tertiary/aromatic N) is 3. The third-order valence-corrected chi connectivity index (χ3v) is 5.65. The van der Waals surface area contributed by atoms with Crippen molar-refractivity contribution in [2.75, 3.05) is 44.4 Å². The summed E-state index contributed by atoms with van der Waals surface area (Å²) in [4.78, 5) is 21.0. The molecule has 7 nitrogen and oxygen atoms in total. The molecule has 3 aromatic carbocycles. The number of anilines is 2. The number of hydrogen-bond acceptors (Lipinski definition) is 6. The van der Waals surface area contributed by atoms with Crippen molar-refractivity contribution < 1.29 is 13.9 Å². The second-order valence-electron chi connectivity index (χ2n) is 8.43. The topological polar surface area (TPSA) is 70.8 Å². The van der Waals surface area contributed by atoms with Crippen molar-refractivity contribution in [3.63, 3.8) is 0 Å². The number of halogens is 1. The van der Waals surface area contributed by atoms with Crippen LogP contribution in [0.25, 0.3) is 22.2 Å². The van der Waals surface area contributed by atoms with Gasteiger partial charge in [0, 0.05) is 36.4 Å². The molecule has 34 heavy (non-hydrogen) atoms. The Balaban J connectivity index is 1.40. The summed E-state index contributed by atoms with van der Waals surface area (Å²) in [6, 6.07) is 18.9. The van der Waals surface area contributed by atoms with Gasteiger partial charge in [0.05, 0.1) is 0 Å². The van der Waals surface area contributed by atoms with Crippen molar-refractivity contribution in [3.05, 3.63) is 71.2 Å². The lowest BCUT2D eigenvalue weighted by atomic mass is 10.0. The first-order valence-corrected chi connectivity index (χ1v) is 11.3. The first-order valence-electron chi connectivity index (χ1n) is 10.9. The maximum absolute atomic E-state index is 12.4. The Morgan fingerprint density at radius 2 is 1.79 bits per heavy atom. The smallest absolute Gasteiger partial charge is 0.417 e. The number of hydrogen-bond donors (Lipinski definition) is 1. The van der Waals surface area contributed by atoms with Crippen LogP contribution in [-0.4, -0.2) is 50.2 Å². The van der Waals surface area contributed by atoms with E-state index >= 15 is 0 Å². The number of ether oxygens (including phenoxy) is 1. The fourth-order valence-corrected chi connectivity index (χ4v) is 3.75. The third kappa shape index (κ3) is 5.68. The predicted molar refractivity (Wildman–Crippen MR) is 137 cm³/mol. The second kappa shape index (κ2) is 10.2. The summed E-state index contributed by atoms with van der Waals surface area (Å²) >= 11 is 6.36. The zero-order valence-corrected chi connectivity index (χ0v) is 20.4. The lowest BCUT2D eigenvalue weighted by Crippen LogP contribution is -2.28. The molecule has 1 aromatic heterocycles. The summed E-state index contributed by atoms with van der Waals surface area (Å²) in [5.74, 6) is 0.428. The van der Waals surface area contributed by atoms with E-state index in [2.05, 4.69) is 15.2 Å². The van der Waals surface area contributed by atoms with Crippen LogP contribution in [0.3, 0.4) is 0 Å². The van der Waals surface area contributed by atoms with E-state index in [-0.39, 0.29) is 0 Å². The fraction of sp³-hybridized carbons (Fsp3) is 0.231. The van der Waals surface area contributed by atoms with E-state index in [1.165, 1.54) is 0 Å². The molecule has 0 atom stereocenters. The van der Waals surface area contributed by atoms with Gasteiger partial charge in [0.1, 0.15) is 11.3 Å². The monoisotopic (exact) mass is 478 g/mol. The molecule has 0 saturated carbocycles. The molecule has 1 amide bonds. The van der Waals surface area contributed by atoms with Crippen LogP contribution in [0.15, 0.2) is 65.1 Å². The van der Waals surface area contributed by atoms with Crippen molar-refractivity contribution in [3.8, 4) is 16.9 Å². The highest BCUT2D eigenvalue weighted by Crippen LogP contribution is 2.30. The number of rotatable bonds is 7. The Morgan fingerprint density at radius 1 is 1.03 bits per heavy atom. The van der Waals surface area contributed by atoms with E-state index in [9.17, 15) is 4.79 Å². The van der Waals surface area contributed by atoms with Crippen LogP contribution in [-0.2, 0) is 0 Å². The molecule has 0 aliphatic carbocycles. The van der Waals surface area contributed by atoms with Crippen LogP contribution in [0, 0.1) is 6.92 Å². The zero-order valence-electron chi connectivity index (χ0n) is 19.6. The quantitative estimate of drug-likeness (QED) is 0.348. The van der Waals surface area contributed by atoms with Crippen LogP contribution in [0.1, 0.15) is 5.56 Å². The molecule has 1 heterocycles.